The van der Waals surface area contributed by atoms with Crippen molar-refractivity contribution in [3.05, 3.63) is 0 Å². The highest BCUT2D eigenvalue weighted by atomic mass is 16.6. The number of carbonyl (C=O) groups excluding carboxylic acids is 1. The lowest BCUT2D eigenvalue weighted by Crippen LogP contribution is -2.40. The number of ether oxygens (including phenoxy) is 1. The third kappa shape index (κ3) is 1.61. The number of hydrogen-bond acceptors (Lipinski definition) is 4. The molecule has 5 nitrogen and oxygen atoms in total. The maximum absolute atomic E-state index is 10.9. The van der Waals surface area contributed by atoms with Gasteiger partial charge in [0.15, 0.2) is 0 Å². The minimum Gasteiger partial charge on any atom is -0.447 e. The van der Waals surface area contributed by atoms with Crippen LogP contribution in [0.2, 0.25) is 0 Å². The zero-order valence-corrected chi connectivity index (χ0v) is 6.19. The van der Waals surface area contributed by atoms with Gasteiger partial charge in [0, 0.05) is 13.1 Å². The zero-order valence-electron chi connectivity index (χ0n) is 6.19. The summed E-state index contributed by atoms with van der Waals surface area (Å²) in [4.78, 5) is 12.3. The minimum absolute atomic E-state index is 0.0500. The molecule has 64 valence electrons. The Labute approximate surface area is 64.7 Å². The fourth-order valence-corrected chi connectivity index (χ4v) is 1.07. The number of aliphatic hydroxyl groups is 1. The zero-order chi connectivity index (χ0) is 8.27. The highest BCUT2D eigenvalue weighted by molar-refractivity contribution is 5.70. The number of amides is 1. The number of aliphatic hydroxyl groups excluding tert-OH is 1. The number of hydrogen-bond donors (Lipinski definition) is 2. The summed E-state index contributed by atoms with van der Waals surface area (Å²) in [6, 6.07) is -0.0605. The van der Waals surface area contributed by atoms with E-state index in [1.54, 1.807) is 0 Å². The van der Waals surface area contributed by atoms with Crippen molar-refractivity contribution in [2.75, 3.05) is 26.3 Å². The van der Waals surface area contributed by atoms with E-state index in [1.165, 1.54) is 4.90 Å². The molecule has 1 unspecified atom stereocenters. The molecule has 1 heterocycles. The number of β-amino-alcohol motifs (C(OH)–C–C–N with tert-alkyl or cyclic N) is 1. The summed E-state index contributed by atoms with van der Waals surface area (Å²) in [6.07, 6.45) is -0.380. The topological polar surface area (TPSA) is 75.8 Å². The Bertz CT molecular complexity index is 151. The first-order valence-corrected chi connectivity index (χ1v) is 3.54. The first kappa shape index (κ1) is 8.29. The van der Waals surface area contributed by atoms with Crippen LogP contribution in [-0.4, -0.2) is 48.4 Å². The molecule has 0 aromatic heterocycles. The Kier molecular flexibility index (Phi) is 2.67. The molecule has 0 aromatic carbocycles. The van der Waals surface area contributed by atoms with E-state index in [9.17, 15) is 4.79 Å². The standard InChI is InChI=1S/C6H12N2O3/c7-3-5-4-11-6(10)8(5)1-2-9/h5,9H,1-4,7H2. The van der Waals surface area contributed by atoms with Gasteiger partial charge in [-0.15, -0.1) is 0 Å². The molecule has 1 rings (SSSR count). The molecule has 1 atom stereocenters. The Hall–Kier alpha value is -0.810. The molecule has 0 aromatic rings. The van der Waals surface area contributed by atoms with Crippen molar-refractivity contribution in [1.29, 1.82) is 0 Å². The van der Waals surface area contributed by atoms with Gasteiger partial charge in [-0.1, -0.05) is 0 Å². The lowest BCUT2D eigenvalue weighted by Gasteiger charge is -2.17. The van der Waals surface area contributed by atoms with E-state index in [2.05, 4.69) is 0 Å². The fraction of sp³-hybridized carbons (Fsp3) is 0.833. The normalized spacial score (nSPS) is 24.0. The first-order valence-electron chi connectivity index (χ1n) is 3.54. The number of nitrogens with two attached hydrogens (primary N) is 1. The molecule has 5 heteroatoms. The monoisotopic (exact) mass is 160 g/mol. The van der Waals surface area contributed by atoms with E-state index in [0.717, 1.165) is 0 Å². The molecule has 0 saturated carbocycles. The maximum Gasteiger partial charge on any atom is 0.410 e. The molecule has 0 spiro atoms. The predicted octanol–water partition coefficient (Wildman–Crippen LogP) is -1.24. The summed E-state index contributed by atoms with van der Waals surface area (Å²) < 4.78 is 4.72. The van der Waals surface area contributed by atoms with Crippen LogP contribution in [0.1, 0.15) is 0 Å². The van der Waals surface area contributed by atoms with Crippen LogP contribution >= 0.6 is 0 Å². The highest BCUT2D eigenvalue weighted by Gasteiger charge is 2.30. The van der Waals surface area contributed by atoms with Crippen molar-refractivity contribution in [3.63, 3.8) is 0 Å². The molecule has 1 amide bonds. The van der Waals surface area contributed by atoms with Gasteiger partial charge in [-0.3, -0.25) is 4.90 Å². The summed E-state index contributed by atoms with van der Waals surface area (Å²) in [5.74, 6) is 0. The third-order valence-corrected chi connectivity index (χ3v) is 1.69. The van der Waals surface area contributed by atoms with Crippen LogP contribution in [0.3, 0.4) is 0 Å². The van der Waals surface area contributed by atoms with Gasteiger partial charge in [-0.2, -0.15) is 0 Å². The van der Waals surface area contributed by atoms with Gasteiger partial charge in [-0.05, 0) is 0 Å². The molecule has 1 saturated heterocycles. The quantitative estimate of drug-likeness (QED) is 0.541. The van der Waals surface area contributed by atoms with Crippen molar-refractivity contribution in [2.24, 2.45) is 5.73 Å². The van der Waals surface area contributed by atoms with Gasteiger partial charge >= 0.3 is 6.09 Å². The van der Waals surface area contributed by atoms with Crippen molar-refractivity contribution < 1.29 is 14.6 Å². The van der Waals surface area contributed by atoms with E-state index in [4.69, 9.17) is 15.6 Å². The van der Waals surface area contributed by atoms with Crippen molar-refractivity contribution >= 4 is 6.09 Å². The SMILES string of the molecule is NCC1COC(=O)N1CCO. The number of cyclic esters (lactones) is 1. The Morgan fingerprint density at radius 3 is 3.09 bits per heavy atom. The van der Waals surface area contributed by atoms with E-state index in [-0.39, 0.29) is 18.7 Å². The third-order valence-electron chi connectivity index (χ3n) is 1.69. The Morgan fingerprint density at radius 1 is 1.82 bits per heavy atom. The molecule has 1 aliphatic rings. The average molecular weight is 160 g/mol. The number of carbonyl (C=O) groups is 1. The van der Waals surface area contributed by atoms with Crippen LogP contribution in [0.5, 0.6) is 0 Å². The maximum atomic E-state index is 10.9. The molecule has 0 bridgehead atoms. The molecular formula is C6H12N2O3. The van der Waals surface area contributed by atoms with Gasteiger partial charge in [-0.25, -0.2) is 4.79 Å². The van der Waals surface area contributed by atoms with Crippen LogP contribution in [-0.2, 0) is 4.74 Å². The van der Waals surface area contributed by atoms with Crippen LogP contribution < -0.4 is 5.73 Å². The molecular weight excluding hydrogens is 148 g/mol. The Balaban J connectivity index is 2.49. The molecule has 11 heavy (non-hydrogen) atoms. The smallest absolute Gasteiger partial charge is 0.410 e. The van der Waals surface area contributed by atoms with Gasteiger partial charge < -0.3 is 15.6 Å². The molecule has 1 fully saturated rings. The number of nitrogens with zero attached hydrogens (tertiary/aromatic N) is 1. The predicted molar refractivity (Wildman–Crippen MR) is 38.0 cm³/mol. The summed E-state index contributed by atoms with van der Waals surface area (Å²) in [5, 5.41) is 8.57. The fourth-order valence-electron chi connectivity index (χ4n) is 1.07. The summed E-state index contributed by atoms with van der Waals surface area (Å²) in [7, 11) is 0. The van der Waals surface area contributed by atoms with E-state index in [0.29, 0.717) is 19.7 Å². The Morgan fingerprint density at radius 2 is 2.55 bits per heavy atom. The number of rotatable bonds is 3. The van der Waals surface area contributed by atoms with E-state index >= 15 is 0 Å². The van der Waals surface area contributed by atoms with Crippen molar-refractivity contribution in [1.82, 2.24) is 4.90 Å². The van der Waals surface area contributed by atoms with Crippen LogP contribution in [0.25, 0.3) is 0 Å². The first-order chi connectivity index (χ1) is 5.29. The lowest BCUT2D eigenvalue weighted by atomic mass is 10.3. The second-order valence-electron chi connectivity index (χ2n) is 2.38. The molecule has 3 N–H and O–H groups in total. The second kappa shape index (κ2) is 3.54. The van der Waals surface area contributed by atoms with Crippen molar-refractivity contribution in [2.45, 2.75) is 6.04 Å². The molecule has 0 radical (unpaired) electrons. The minimum atomic E-state index is -0.380. The van der Waals surface area contributed by atoms with Crippen LogP contribution in [0, 0.1) is 0 Å². The van der Waals surface area contributed by atoms with E-state index in [1.807, 2.05) is 0 Å². The highest BCUT2D eigenvalue weighted by Crippen LogP contribution is 2.09. The van der Waals surface area contributed by atoms with Gasteiger partial charge in [0.05, 0.1) is 12.6 Å². The average Bonchev–Trinajstić information content (AvgIpc) is 2.34. The van der Waals surface area contributed by atoms with Crippen LogP contribution in [0.4, 0.5) is 4.79 Å². The molecule has 0 aliphatic carbocycles. The largest absolute Gasteiger partial charge is 0.447 e. The van der Waals surface area contributed by atoms with Crippen molar-refractivity contribution in [3.8, 4) is 0 Å². The summed E-state index contributed by atoms with van der Waals surface area (Å²) in [5.41, 5.74) is 5.36. The van der Waals surface area contributed by atoms with E-state index < -0.39 is 0 Å². The summed E-state index contributed by atoms with van der Waals surface area (Å²) in [6.45, 7) is 0.980. The second-order valence-corrected chi connectivity index (χ2v) is 2.38. The van der Waals surface area contributed by atoms with Crippen LogP contribution in [0.15, 0.2) is 0 Å². The summed E-state index contributed by atoms with van der Waals surface area (Å²) >= 11 is 0. The van der Waals surface area contributed by atoms with Gasteiger partial charge in [0.2, 0.25) is 0 Å². The lowest BCUT2D eigenvalue weighted by molar-refractivity contribution is 0.148. The molecule has 1 aliphatic heterocycles. The van der Waals surface area contributed by atoms with Gasteiger partial charge in [0.25, 0.3) is 0 Å². The van der Waals surface area contributed by atoms with Gasteiger partial charge in [0.1, 0.15) is 6.61 Å².